The molecule has 3 rings (SSSR count). The molecular weight excluding hydrogens is 345 g/mol. The molecule has 1 heterocycles. The van der Waals surface area contributed by atoms with E-state index < -0.39 is 0 Å². The second-order valence-electron chi connectivity index (χ2n) is 5.67. The number of morpholine rings is 1. The highest BCUT2D eigenvalue weighted by Gasteiger charge is 2.16. The van der Waals surface area contributed by atoms with E-state index in [1.54, 1.807) is 0 Å². The molecule has 0 bridgehead atoms. The van der Waals surface area contributed by atoms with Crippen molar-refractivity contribution in [3.63, 3.8) is 0 Å². The first-order valence-electron chi connectivity index (χ1n) is 8.05. The standard InChI is InChI=1S/C19H22ClNO2.ClH/c20-18-8-6-17(7-9-18)19(16-4-2-1-3-5-16)23-15-12-21-10-13-22-14-11-21;/h1-9,19H,10-15H2;1H. The molecule has 0 radical (unpaired) electrons. The third kappa shape index (κ3) is 5.47. The lowest BCUT2D eigenvalue weighted by atomic mass is 10.0. The Morgan fingerprint density at radius 3 is 2.25 bits per heavy atom. The van der Waals surface area contributed by atoms with E-state index in [0.29, 0.717) is 6.61 Å². The van der Waals surface area contributed by atoms with Gasteiger partial charge in [-0.2, -0.15) is 0 Å². The lowest BCUT2D eigenvalue weighted by Crippen LogP contribution is -2.38. The van der Waals surface area contributed by atoms with Gasteiger partial charge in [0.2, 0.25) is 0 Å². The zero-order chi connectivity index (χ0) is 15.9. The fourth-order valence-corrected chi connectivity index (χ4v) is 2.90. The molecule has 24 heavy (non-hydrogen) atoms. The highest BCUT2D eigenvalue weighted by Crippen LogP contribution is 2.27. The summed E-state index contributed by atoms with van der Waals surface area (Å²) in [6.07, 6.45) is -0.0606. The SMILES string of the molecule is Cl.Clc1ccc(C(OCCN2CCOCC2)c2ccccc2)cc1. The third-order valence-corrected chi connectivity index (χ3v) is 4.32. The Bertz CT molecular complexity index is 586. The van der Waals surface area contributed by atoms with Crippen molar-refractivity contribution in [1.82, 2.24) is 4.90 Å². The first-order chi connectivity index (χ1) is 11.3. The second-order valence-corrected chi connectivity index (χ2v) is 6.10. The van der Waals surface area contributed by atoms with Crippen molar-refractivity contribution < 1.29 is 9.47 Å². The summed E-state index contributed by atoms with van der Waals surface area (Å²) in [5.74, 6) is 0. The molecule has 0 aromatic heterocycles. The van der Waals surface area contributed by atoms with Crippen LogP contribution in [0, 0.1) is 0 Å². The van der Waals surface area contributed by atoms with E-state index in [9.17, 15) is 0 Å². The predicted octanol–water partition coefficient (Wildman–Crippen LogP) is 4.20. The Kier molecular flexibility index (Phi) is 8.03. The zero-order valence-corrected chi connectivity index (χ0v) is 15.1. The van der Waals surface area contributed by atoms with Crippen LogP contribution >= 0.6 is 24.0 Å². The summed E-state index contributed by atoms with van der Waals surface area (Å²) in [6, 6.07) is 18.2. The van der Waals surface area contributed by atoms with E-state index in [1.807, 2.05) is 42.5 Å². The van der Waals surface area contributed by atoms with Crippen molar-refractivity contribution in [2.75, 3.05) is 39.5 Å². The summed E-state index contributed by atoms with van der Waals surface area (Å²) >= 11 is 6.01. The molecule has 3 nitrogen and oxygen atoms in total. The molecular formula is C19H23Cl2NO2. The summed E-state index contributed by atoms with van der Waals surface area (Å²) in [5.41, 5.74) is 2.29. The quantitative estimate of drug-likeness (QED) is 0.763. The van der Waals surface area contributed by atoms with E-state index in [4.69, 9.17) is 21.1 Å². The van der Waals surface area contributed by atoms with Crippen molar-refractivity contribution in [3.05, 3.63) is 70.7 Å². The average molecular weight is 368 g/mol. The van der Waals surface area contributed by atoms with Gasteiger partial charge in [0.25, 0.3) is 0 Å². The maximum atomic E-state index is 6.23. The number of ether oxygens (including phenoxy) is 2. The lowest BCUT2D eigenvalue weighted by Gasteiger charge is -2.27. The first kappa shape index (κ1) is 19.2. The second kappa shape index (κ2) is 10.0. The molecule has 0 N–H and O–H groups in total. The lowest BCUT2D eigenvalue weighted by molar-refractivity contribution is 0.00968. The Balaban J connectivity index is 0.00000208. The van der Waals surface area contributed by atoms with Crippen LogP contribution in [0.3, 0.4) is 0 Å². The van der Waals surface area contributed by atoms with Crippen LogP contribution in [-0.2, 0) is 9.47 Å². The van der Waals surface area contributed by atoms with E-state index in [1.165, 1.54) is 0 Å². The van der Waals surface area contributed by atoms with Gasteiger partial charge in [-0.15, -0.1) is 12.4 Å². The van der Waals surface area contributed by atoms with Crippen LogP contribution in [0.1, 0.15) is 17.2 Å². The zero-order valence-electron chi connectivity index (χ0n) is 13.6. The predicted molar refractivity (Wildman–Crippen MR) is 100 cm³/mol. The fraction of sp³-hybridized carbons (Fsp3) is 0.368. The Morgan fingerprint density at radius 1 is 0.958 bits per heavy atom. The van der Waals surface area contributed by atoms with E-state index in [-0.39, 0.29) is 18.5 Å². The third-order valence-electron chi connectivity index (χ3n) is 4.07. The minimum Gasteiger partial charge on any atom is -0.379 e. The van der Waals surface area contributed by atoms with E-state index in [0.717, 1.165) is 49.0 Å². The average Bonchev–Trinajstić information content (AvgIpc) is 2.61. The minimum absolute atomic E-state index is 0. The molecule has 130 valence electrons. The fourth-order valence-electron chi connectivity index (χ4n) is 2.77. The summed E-state index contributed by atoms with van der Waals surface area (Å²) in [7, 11) is 0. The molecule has 0 aliphatic carbocycles. The van der Waals surface area contributed by atoms with Gasteiger partial charge in [0.15, 0.2) is 0 Å². The van der Waals surface area contributed by atoms with Crippen LogP contribution in [0.5, 0.6) is 0 Å². The number of halogens is 2. The Hall–Kier alpha value is -1.10. The molecule has 1 unspecified atom stereocenters. The Labute approximate surface area is 154 Å². The number of hydrogen-bond donors (Lipinski definition) is 0. The maximum Gasteiger partial charge on any atom is 0.108 e. The molecule has 0 amide bonds. The smallest absolute Gasteiger partial charge is 0.108 e. The van der Waals surface area contributed by atoms with Gasteiger partial charge in [0.1, 0.15) is 6.10 Å². The van der Waals surface area contributed by atoms with Gasteiger partial charge >= 0.3 is 0 Å². The molecule has 2 aromatic rings. The molecule has 0 saturated carbocycles. The first-order valence-corrected chi connectivity index (χ1v) is 8.43. The summed E-state index contributed by atoms with van der Waals surface area (Å²) in [4.78, 5) is 2.38. The van der Waals surface area contributed by atoms with E-state index >= 15 is 0 Å². The number of hydrogen-bond acceptors (Lipinski definition) is 3. The van der Waals surface area contributed by atoms with Crippen LogP contribution < -0.4 is 0 Å². The van der Waals surface area contributed by atoms with Gasteiger partial charge in [0, 0.05) is 24.7 Å². The molecule has 1 aliphatic rings. The van der Waals surface area contributed by atoms with Crippen LogP contribution in [0.4, 0.5) is 0 Å². The number of rotatable bonds is 6. The van der Waals surface area contributed by atoms with Crippen LogP contribution in [-0.4, -0.2) is 44.4 Å². The van der Waals surface area contributed by atoms with Gasteiger partial charge in [-0.3, -0.25) is 4.90 Å². The highest BCUT2D eigenvalue weighted by molar-refractivity contribution is 6.30. The van der Waals surface area contributed by atoms with Crippen LogP contribution in [0.25, 0.3) is 0 Å². The van der Waals surface area contributed by atoms with Gasteiger partial charge in [-0.05, 0) is 23.3 Å². The van der Waals surface area contributed by atoms with Crippen molar-refractivity contribution in [3.8, 4) is 0 Å². The maximum absolute atomic E-state index is 6.23. The topological polar surface area (TPSA) is 21.7 Å². The molecule has 5 heteroatoms. The van der Waals surface area contributed by atoms with Crippen molar-refractivity contribution in [1.29, 1.82) is 0 Å². The molecule has 1 atom stereocenters. The summed E-state index contributed by atoms with van der Waals surface area (Å²) in [6.45, 7) is 5.24. The van der Waals surface area contributed by atoms with Gasteiger partial charge < -0.3 is 9.47 Å². The monoisotopic (exact) mass is 367 g/mol. The van der Waals surface area contributed by atoms with Gasteiger partial charge in [0.05, 0.1) is 19.8 Å². The van der Waals surface area contributed by atoms with Gasteiger partial charge in [-0.1, -0.05) is 54.1 Å². The van der Waals surface area contributed by atoms with Crippen molar-refractivity contribution in [2.45, 2.75) is 6.10 Å². The van der Waals surface area contributed by atoms with Gasteiger partial charge in [-0.25, -0.2) is 0 Å². The molecule has 1 fully saturated rings. The highest BCUT2D eigenvalue weighted by atomic mass is 35.5. The molecule has 1 aliphatic heterocycles. The minimum atomic E-state index is -0.0606. The molecule has 1 saturated heterocycles. The molecule has 0 spiro atoms. The van der Waals surface area contributed by atoms with Crippen LogP contribution in [0.15, 0.2) is 54.6 Å². The summed E-state index contributed by atoms with van der Waals surface area (Å²) in [5, 5.41) is 0.744. The number of benzene rings is 2. The van der Waals surface area contributed by atoms with Crippen LogP contribution in [0.2, 0.25) is 5.02 Å². The number of nitrogens with zero attached hydrogens (tertiary/aromatic N) is 1. The van der Waals surface area contributed by atoms with Crippen molar-refractivity contribution >= 4 is 24.0 Å². The van der Waals surface area contributed by atoms with Crippen molar-refractivity contribution in [2.24, 2.45) is 0 Å². The molecule has 2 aromatic carbocycles. The Morgan fingerprint density at radius 2 is 1.58 bits per heavy atom. The largest absolute Gasteiger partial charge is 0.379 e. The van der Waals surface area contributed by atoms with E-state index in [2.05, 4.69) is 17.0 Å². The normalized spacial score (nSPS) is 16.4. The summed E-state index contributed by atoms with van der Waals surface area (Å²) < 4.78 is 11.6.